The van der Waals surface area contributed by atoms with Crippen LogP contribution in [0.1, 0.15) is 30.0 Å². The summed E-state index contributed by atoms with van der Waals surface area (Å²) >= 11 is 1.63. The van der Waals surface area contributed by atoms with Crippen LogP contribution in [0.3, 0.4) is 0 Å². The number of rotatable bonds is 5. The summed E-state index contributed by atoms with van der Waals surface area (Å²) < 4.78 is 1.15. The van der Waals surface area contributed by atoms with Crippen LogP contribution in [-0.4, -0.2) is 29.5 Å². The molecule has 1 heterocycles. The number of nitrogens with one attached hydrogen (secondary N) is 1. The molecular weight excluding hydrogens is 342 g/mol. The fraction of sp³-hybridized carbons (Fsp3) is 0.333. The Hall–Kier alpha value is -2.40. The van der Waals surface area contributed by atoms with Gasteiger partial charge in [0, 0.05) is 19.0 Å². The van der Waals surface area contributed by atoms with Crippen molar-refractivity contribution < 1.29 is 4.79 Å². The Labute approximate surface area is 158 Å². The number of benzene rings is 2. The van der Waals surface area contributed by atoms with Crippen molar-refractivity contribution >= 4 is 27.6 Å². The fourth-order valence-corrected chi connectivity index (χ4v) is 3.88. The molecule has 1 N–H and O–H groups in total. The zero-order valence-corrected chi connectivity index (χ0v) is 16.6. The number of nitrogens with zero attached hydrogens (tertiary/aromatic N) is 2. The lowest BCUT2D eigenvalue weighted by Crippen LogP contribution is -2.42. The number of amides is 2. The summed E-state index contributed by atoms with van der Waals surface area (Å²) in [5, 5.41) is 4.00. The van der Waals surface area contributed by atoms with E-state index in [0.29, 0.717) is 13.1 Å². The highest BCUT2D eigenvalue weighted by Gasteiger charge is 2.22. The molecular formula is C21H25N3OS. The summed E-state index contributed by atoms with van der Waals surface area (Å²) in [6.45, 7) is 7.48. The summed E-state index contributed by atoms with van der Waals surface area (Å²) in [5.74, 6) is 0. The van der Waals surface area contributed by atoms with Gasteiger partial charge in [-0.15, -0.1) is 11.3 Å². The van der Waals surface area contributed by atoms with Gasteiger partial charge < -0.3 is 10.2 Å². The van der Waals surface area contributed by atoms with Gasteiger partial charge in [0.2, 0.25) is 0 Å². The lowest BCUT2D eigenvalue weighted by Gasteiger charge is -2.27. The van der Waals surface area contributed by atoms with Crippen molar-refractivity contribution in [2.75, 3.05) is 13.6 Å². The summed E-state index contributed by atoms with van der Waals surface area (Å²) in [6.07, 6.45) is 0. The quantitative estimate of drug-likeness (QED) is 0.709. The molecule has 3 aromatic rings. The van der Waals surface area contributed by atoms with Gasteiger partial charge in [-0.25, -0.2) is 9.78 Å². The summed E-state index contributed by atoms with van der Waals surface area (Å²) in [6, 6.07) is 16.4. The number of thiazole rings is 1. The maximum atomic E-state index is 12.5. The van der Waals surface area contributed by atoms with Crippen molar-refractivity contribution in [2.24, 2.45) is 0 Å². The predicted molar refractivity (Wildman–Crippen MR) is 109 cm³/mol. The van der Waals surface area contributed by atoms with Crippen LogP contribution in [0.5, 0.6) is 0 Å². The summed E-state index contributed by atoms with van der Waals surface area (Å²) in [5.41, 5.74) is 3.32. The fourth-order valence-electron chi connectivity index (χ4n) is 2.86. The molecule has 0 atom stereocenters. The molecule has 0 saturated heterocycles. The first-order valence-corrected chi connectivity index (χ1v) is 9.57. The van der Waals surface area contributed by atoms with E-state index >= 15 is 0 Å². The second-order valence-corrected chi connectivity index (χ2v) is 8.46. The Morgan fingerprint density at radius 3 is 2.69 bits per heavy atom. The third-order valence-corrected chi connectivity index (χ3v) is 5.56. The first-order chi connectivity index (χ1) is 12.3. The Balaban J connectivity index is 1.60. The van der Waals surface area contributed by atoms with E-state index < -0.39 is 0 Å². The van der Waals surface area contributed by atoms with Crippen molar-refractivity contribution in [1.82, 2.24) is 15.2 Å². The van der Waals surface area contributed by atoms with Crippen LogP contribution in [0.4, 0.5) is 4.79 Å². The minimum Gasteiger partial charge on any atom is -0.337 e. The molecule has 2 amide bonds. The molecule has 0 unspecified atom stereocenters. The van der Waals surface area contributed by atoms with Gasteiger partial charge in [-0.05, 0) is 24.6 Å². The maximum absolute atomic E-state index is 12.5. The number of fused-ring (bicyclic) bond motifs is 1. The van der Waals surface area contributed by atoms with E-state index in [4.69, 9.17) is 0 Å². The monoisotopic (exact) mass is 367 g/mol. The first kappa shape index (κ1) is 18.4. The SMILES string of the molecule is Cc1cccc(C(C)(C)CNC(=O)N(C)Cc2nc3ccccc3s2)c1. The molecule has 5 heteroatoms. The van der Waals surface area contributed by atoms with Gasteiger partial charge in [-0.1, -0.05) is 55.8 Å². The van der Waals surface area contributed by atoms with Crippen LogP contribution in [0, 0.1) is 6.92 Å². The van der Waals surface area contributed by atoms with Gasteiger partial charge in [-0.3, -0.25) is 0 Å². The zero-order valence-electron chi connectivity index (χ0n) is 15.7. The maximum Gasteiger partial charge on any atom is 0.317 e. The van der Waals surface area contributed by atoms with Gasteiger partial charge in [0.15, 0.2) is 0 Å². The third-order valence-electron chi connectivity index (χ3n) is 4.54. The molecule has 0 bridgehead atoms. The second kappa shape index (κ2) is 7.46. The molecule has 1 aromatic heterocycles. The van der Waals surface area contributed by atoms with Crippen molar-refractivity contribution in [3.63, 3.8) is 0 Å². The van der Waals surface area contributed by atoms with Crippen LogP contribution >= 0.6 is 11.3 Å². The molecule has 0 radical (unpaired) electrons. The van der Waals surface area contributed by atoms with Gasteiger partial charge in [0.1, 0.15) is 5.01 Å². The summed E-state index contributed by atoms with van der Waals surface area (Å²) in [4.78, 5) is 18.8. The minimum atomic E-state index is -0.127. The number of hydrogen-bond acceptors (Lipinski definition) is 3. The average Bonchev–Trinajstić information content (AvgIpc) is 3.02. The highest BCUT2D eigenvalue weighted by molar-refractivity contribution is 7.18. The van der Waals surface area contributed by atoms with Crippen LogP contribution < -0.4 is 5.32 Å². The van der Waals surface area contributed by atoms with Crippen molar-refractivity contribution in [3.05, 3.63) is 64.7 Å². The van der Waals surface area contributed by atoms with Crippen LogP contribution in [0.15, 0.2) is 48.5 Å². The molecule has 0 aliphatic heterocycles. The van der Waals surface area contributed by atoms with Crippen molar-refractivity contribution in [3.8, 4) is 0 Å². The standard InChI is InChI=1S/C21H25N3OS/c1-15-8-7-9-16(12-15)21(2,3)14-22-20(25)24(4)13-19-23-17-10-5-6-11-18(17)26-19/h5-12H,13-14H2,1-4H3,(H,22,25). The van der Waals surface area contributed by atoms with E-state index in [1.165, 1.54) is 11.1 Å². The molecule has 4 nitrogen and oxygen atoms in total. The number of carbonyl (C=O) groups excluding carboxylic acids is 1. The molecule has 0 fully saturated rings. The van der Waals surface area contributed by atoms with E-state index in [1.54, 1.807) is 23.3 Å². The zero-order chi connectivity index (χ0) is 18.7. The molecule has 0 spiro atoms. The van der Waals surface area contributed by atoms with Gasteiger partial charge in [0.25, 0.3) is 0 Å². The minimum absolute atomic E-state index is 0.0787. The van der Waals surface area contributed by atoms with Gasteiger partial charge in [-0.2, -0.15) is 0 Å². The second-order valence-electron chi connectivity index (χ2n) is 7.34. The van der Waals surface area contributed by atoms with E-state index in [2.05, 4.69) is 61.4 Å². The van der Waals surface area contributed by atoms with E-state index in [9.17, 15) is 4.79 Å². The smallest absolute Gasteiger partial charge is 0.317 e. The van der Waals surface area contributed by atoms with Gasteiger partial charge in [0.05, 0.1) is 16.8 Å². The van der Waals surface area contributed by atoms with Gasteiger partial charge >= 0.3 is 6.03 Å². The van der Waals surface area contributed by atoms with Crippen molar-refractivity contribution in [2.45, 2.75) is 32.7 Å². The number of hydrogen-bond donors (Lipinski definition) is 1. The highest BCUT2D eigenvalue weighted by Crippen LogP contribution is 2.24. The van der Waals surface area contributed by atoms with E-state index in [-0.39, 0.29) is 11.4 Å². The lowest BCUT2D eigenvalue weighted by atomic mass is 9.84. The lowest BCUT2D eigenvalue weighted by molar-refractivity contribution is 0.204. The largest absolute Gasteiger partial charge is 0.337 e. The topological polar surface area (TPSA) is 45.2 Å². The number of urea groups is 1. The Bertz CT molecular complexity index is 883. The van der Waals surface area contributed by atoms with Crippen LogP contribution in [-0.2, 0) is 12.0 Å². The highest BCUT2D eigenvalue weighted by atomic mass is 32.1. The Morgan fingerprint density at radius 2 is 1.96 bits per heavy atom. The molecule has 26 heavy (non-hydrogen) atoms. The third kappa shape index (κ3) is 4.22. The van der Waals surface area contributed by atoms with E-state index in [0.717, 1.165) is 15.2 Å². The molecule has 136 valence electrons. The average molecular weight is 368 g/mol. The number of para-hydroxylation sites is 1. The van der Waals surface area contributed by atoms with Crippen molar-refractivity contribution in [1.29, 1.82) is 0 Å². The molecule has 3 rings (SSSR count). The molecule has 0 saturated carbocycles. The summed E-state index contributed by atoms with van der Waals surface area (Å²) in [7, 11) is 1.81. The normalized spacial score (nSPS) is 11.5. The van der Waals surface area contributed by atoms with Crippen LogP contribution in [0.25, 0.3) is 10.2 Å². The number of aromatic nitrogens is 1. The number of aryl methyl sites for hydroxylation is 1. The van der Waals surface area contributed by atoms with E-state index in [1.807, 2.05) is 18.2 Å². The Kier molecular flexibility index (Phi) is 5.28. The molecule has 2 aromatic carbocycles. The Morgan fingerprint density at radius 1 is 1.19 bits per heavy atom. The van der Waals surface area contributed by atoms with Crippen LogP contribution in [0.2, 0.25) is 0 Å². The first-order valence-electron chi connectivity index (χ1n) is 8.76. The predicted octanol–water partition coefficient (Wildman–Crippen LogP) is 4.72. The number of carbonyl (C=O) groups is 1. The molecule has 0 aliphatic carbocycles. The molecule has 0 aliphatic rings.